The van der Waals surface area contributed by atoms with Crippen LogP contribution in [0, 0.1) is 0 Å². The lowest BCUT2D eigenvalue weighted by Crippen LogP contribution is -2.29. The van der Waals surface area contributed by atoms with Gasteiger partial charge in [0.05, 0.1) is 31.0 Å². The number of esters is 1. The fraction of sp³-hybridized carbons (Fsp3) is 0.375. The molecule has 0 aliphatic carbocycles. The van der Waals surface area contributed by atoms with Crippen molar-refractivity contribution in [1.29, 1.82) is 0 Å². The molecule has 1 aromatic carbocycles. The van der Waals surface area contributed by atoms with Crippen molar-refractivity contribution in [3.05, 3.63) is 65.6 Å². The minimum absolute atomic E-state index is 0.170. The molecule has 0 bridgehead atoms. The highest BCUT2D eigenvalue weighted by atomic mass is 16.5. The molecule has 30 heavy (non-hydrogen) atoms. The largest absolute Gasteiger partial charge is 0.497 e. The van der Waals surface area contributed by atoms with E-state index in [1.54, 1.807) is 7.11 Å². The second kappa shape index (κ2) is 7.59. The number of ether oxygens (including phenoxy) is 2. The molecule has 1 N–H and O–H groups in total. The molecule has 0 unspecified atom stereocenters. The van der Waals surface area contributed by atoms with Gasteiger partial charge in [0, 0.05) is 29.9 Å². The fourth-order valence-corrected chi connectivity index (χ4v) is 4.14. The summed E-state index contributed by atoms with van der Waals surface area (Å²) in [5, 5.41) is 3.34. The maximum atomic E-state index is 13.1. The van der Waals surface area contributed by atoms with E-state index in [1.165, 1.54) is 0 Å². The van der Waals surface area contributed by atoms with Crippen molar-refractivity contribution in [2.75, 3.05) is 13.7 Å². The fourth-order valence-electron chi connectivity index (χ4n) is 4.14. The molecule has 6 heteroatoms. The van der Waals surface area contributed by atoms with Gasteiger partial charge in [-0.3, -0.25) is 9.20 Å². The number of carbonyl (C=O) groups is 1. The van der Waals surface area contributed by atoms with E-state index in [0.29, 0.717) is 12.1 Å². The van der Waals surface area contributed by atoms with Gasteiger partial charge in [0.2, 0.25) is 0 Å². The molecule has 1 aliphatic rings. The third-order valence-corrected chi connectivity index (χ3v) is 5.52. The SMILES string of the molecule is COc1ccc(Cn2c3c(c4cccn42)C(C)(C)CNC=C3C(=O)OC(C)C)cc1. The topological polar surface area (TPSA) is 56.9 Å². The second-order valence-corrected chi connectivity index (χ2v) is 8.64. The molecule has 2 aromatic heterocycles. The molecule has 0 radical (unpaired) electrons. The smallest absolute Gasteiger partial charge is 0.342 e. The highest BCUT2D eigenvalue weighted by Gasteiger charge is 2.36. The lowest BCUT2D eigenvalue weighted by Gasteiger charge is -2.24. The molecule has 3 aromatic rings. The summed E-state index contributed by atoms with van der Waals surface area (Å²) in [7, 11) is 1.66. The summed E-state index contributed by atoms with van der Waals surface area (Å²) in [6, 6.07) is 12.2. The molecule has 6 nitrogen and oxygen atoms in total. The van der Waals surface area contributed by atoms with Gasteiger partial charge in [0.25, 0.3) is 0 Å². The number of hydrogen-bond acceptors (Lipinski definition) is 4. The molecule has 0 fully saturated rings. The third-order valence-electron chi connectivity index (χ3n) is 5.52. The van der Waals surface area contributed by atoms with E-state index in [4.69, 9.17) is 9.47 Å². The number of benzene rings is 1. The third kappa shape index (κ3) is 3.47. The van der Waals surface area contributed by atoms with E-state index in [2.05, 4.69) is 46.6 Å². The number of nitrogens with one attached hydrogen (secondary N) is 1. The summed E-state index contributed by atoms with van der Waals surface area (Å²) in [5.74, 6) is 0.510. The zero-order valence-electron chi connectivity index (χ0n) is 18.2. The average molecular weight is 408 g/mol. The number of aromatic nitrogens is 2. The van der Waals surface area contributed by atoms with Crippen molar-refractivity contribution in [2.24, 2.45) is 0 Å². The van der Waals surface area contributed by atoms with E-state index in [9.17, 15) is 4.79 Å². The van der Waals surface area contributed by atoms with Crippen molar-refractivity contribution in [1.82, 2.24) is 14.5 Å². The predicted molar refractivity (Wildman–Crippen MR) is 118 cm³/mol. The van der Waals surface area contributed by atoms with E-state index in [1.807, 2.05) is 44.4 Å². The first kappa shape index (κ1) is 20.1. The van der Waals surface area contributed by atoms with Crippen LogP contribution in [0.2, 0.25) is 0 Å². The Kier molecular flexibility index (Phi) is 5.10. The van der Waals surface area contributed by atoms with Crippen molar-refractivity contribution >= 4 is 17.1 Å². The van der Waals surface area contributed by atoms with Crippen molar-refractivity contribution in [2.45, 2.75) is 45.8 Å². The molecule has 158 valence electrons. The Bertz CT molecular complexity index is 1100. The van der Waals surface area contributed by atoms with Crippen LogP contribution < -0.4 is 10.1 Å². The second-order valence-electron chi connectivity index (χ2n) is 8.64. The lowest BCUT2D eigenvalue weighted by atomic mass is 9.83. The number of fused-ring (bicyclic) bond motifs is 3. The van der Waals surface area contributed by atoms with Crippen LogP contribution in [0.4, 0.5) is 0 Å². The molecule has 1 aliphatic heterocycles. The van der Waals surface area contributed by atoms with Gasteiger partial charge in [-0.25, -0.2) is 4.79 Å². The van der Waals surface area contributed by atoms with Crippen molar-refractivity contribution in [3.63, 3.8) is 0 Å². The normalized spacial score (nSPS) is 15.3. The number of nitrogens with zero attached hydrogens (tertiary/aromatic N) is 2. The Hall–Kier alpha value is -3.15. The van der Waals surface area contributed by atoms with Crippen LogP contribution in [0.25, 0.3) is 11.1 Å². The molecule has 0 amide bonds. The van der Waals surface area contributed by atoms with Crippen LogP contribution in [0.15, 0.2) is 48.8 Å². The van der Waals surface area contributed by atoms with Gasteiger partial charge in [-0.2, -0.15) is 0 Å². The Morgan fingerprint density at radius 3 is 2.60 bits per heavy atom. The Balaban J connectivity index is 1.90. The molecule has 3 heterocycles. The Labute approximate surface area is 177 Å². The summed E-state index contributed by atoms with van der Waals surface area (Å²) in [4.78, 5) is 13.1. The molecule has 0 saturated heterocycles. The molecule has 4 rings (SSSR count). The van der Waals surface area contributed by atoms with Crippen molar-refractivity contribution in [3.8, 4) is 5.75 Å². The van der Waals surface area contributed by atoms with Gasteiger partial charge in [-0.15, -0.1) is 0 Å². The number of carbonyl (C=O) groups excluding carboxylic acids is 1. The van der Waals surface area contributed by atoms with Crippen LogP contribution in [0.3, 0.4) is 0 Å². The molecule has 0 atom stereocenters. The maximum absolute atomic E-state index is 13.1. The van der Waals surface area contributed by atoms with Gasteiger partial charge >= 0.3 is 5.97 Å². The van der Waals surface area contributed by atoms with Crippen LogP contribution in [-0.2, 0) is 21.5 Å². The summed E-state index contributed by atoms with van der Waals surface area (Å²) < 4.78 is 15.2. The summed E-state index contributed by atoms with van der Waals surface area (Å²) >= 11 is 0. The zero-order valence-corrected chi connectivity index (χ0v) is 18.2. The number of methoxy groups -OCH3 is 1. The molecule has 0 saturated carbocycles. The highest BCUT2D eigenvalue weighted by molar-refractivity contribution is 6.17. The van der Waals surface area contributed by atoms with Gasteiger partial charge in [0.1, 0.15) is 11.3 Å². The molecular weight excluding hydrogens is 378 g/mol. The van der Waals surface area contributed by atoms with E-state index < -0.39 is 0 Å². The van der Waals surface area contributed by atoms with Crippen LogP contribution in [-0.4, -0.2) is 34.9 Å². The highest BCUT2D eigenvalue weighted by Crippen LogP contribution is 2.38. The minimum atomic E-state index is -0.312. The van der Waals surface area contributed by atoms with Crippen LogP contribution in [0.5, 0.6) is 5.75 Å². The molecule has 0 spiro atoms. The summed E-state index contributed by atoms with van der Waals surface area (Å²) in [6.45, 7) is 9.49. The van der Waals surface area contributed by atoms with E-state index >= 15 is 0 Å². The summed E-state index contributed by atoms with van der Waals surface area (Å²) in [6.07, 6.45) is 3.67. The average Bonchev–Trinajstić information content (AvgIpc) is 3.23. The predicted octanol–water partition coefficient (Wildman–Crippen LogP) is 3.97. The van der Waals surface area contributed by atoms with E-state index in [-0.39, 0.29) is 17.5 Å². The van der Waals surface area contributed by atoms with E-state index in [0.717, 1.165) is 34.6 Å². The van der Waals surface area contributed by atoms with Crippen LogP contribution in [0.1, 0.15) is 44.5 Å². The summed E-state index contributed by atoms with van der Waals surface area (Å²) in [5.41, 5.74) is 4.67. The minimum Gasteiger partial charge on any atom is -0.497 e. The maximum Gasteiger partial charge on any atom is 0.342 e. The van der Waals surface area contributed by atoms with Gasteiger partial charge < -0.3 is 14.8 Å². The molecular formula is C24H29N3O3. The van der Waals surface area contributed by atoms with Crippen LogP contribution >= 0.6 is 0 Å². The lowest BCUT2D eigenvalue weighted by molar-refractivity contribution is -0.140. The first-order chi connectivity index (χ1) is 14.3. The number of rotatable bonds is 5. The van der Waals surface area contributed by atoms with Gasteiger partial charge in [-0.05, 0) is 43.7 Å². The quantitative estimate of drug-likeness (QED) is 0.650. The Morgan fingerprint density at radius 1 is 1.20 bits per heavy atom. The zero-order chi connectivity index (χ0) is 21.5. The van der Waals surface area contributed by atoms with Gasteiger partial charge in [0.15, 0.2) is 0 Å². The van der Waals surface area contributed by atoms with Gasteiger partial charge in [-0.1, -0.05) is 26.0 Å². The first-order valence-corrected chi connectivity index (χ1v) is 10.3. The number of hydrogen-bond donors (Lipinski definition) is 1. The van der Waals surface area contributed by atoms with Crippen molar-refractivity contribution < 1.29 is 14.3 Å². The standard InChI is InChI=1S/C24H29N3O3/c1-16(2)30-23(28)19-13-25-15-24(3,4)21-20-7-6-12-26(20)27(22(19)21)14-17-8-10-18(29-5)11-9-17/h6-13,16,25H,14-15H2,1-5H3. The first-order valence-electron chi connectivity index (χ1n) is 10.3. The monoisotopic (exact) mass is 407 g/mol. The Morgan fingerprint density at radius 2 is 1.93 bits per heavy atom.